The quantitative estimate of drug-likeness (QED) is 0.524. The van der Waals surface area contributed by atoms with Gasteiger partial charge in [0.25, 0.3) is 0 Å². The fourth-order valence-electron chi connectivity index (χ4n) is 1.92. The second kappa shape index (κ2) is 6.55. The zero-order valence-electron chi connectivity index (χ0n) is 10.6. The van der Waals surface area contributed by atoms with Gasteiger partial charge in [-0.25, -0.2) is 0 Å². The molecule has 1 aliphatic rings. The summed E-state index contributed by atoms with van der Waals surface area (Å²) < 4.78 is 0. The van der Waals surface area contributed by atoms with Crippen molar-refractivity contribution < 1.29 is 10.2 Å². The smallest absolute Gasteiger partial charge is 0.0558 e. The summed E-state index contributed by atoms with van der Waals surface area (Å²) in [6.45, 7) is 7.98. The van der Waals surface area contributed by atoms with E-state index in [1.807, 2.05) is 0 Å². The fraction of sp³-hybridized carbons (Fsp3) is 1.00. The Kier molecular flexibility index (Phi) is 5.69. The molecule has 96 valence electrons. The first kappa shape index (κ1) is 13.9. The lowest BCUT2D eigenvalue weighted by molar-refractivity contribution is 0.119. The van der Waals surface area contributed by atoms with Crippen LogP contribution < -0.4 is 5.32 Å². The summed E-state index contributed by atoms with van der Waals surface area (Å²) in [5.41, 5.74) is 0.187. The van der Waals surface area contributed by atoms with Gasteiger partial charge in [-0.1, -0.05) is 13.8 Å². The molecule has 0 aromatic carbocycles. The molecule has 1 aliphatic carbocycles. The molecular weight excluding hydrogens is 204 g/mol. The van der Waals surface area contributed by atoms with Gasteiger partial charge in [-0.15, -0.1) is 0 Å². The normalized spacial score (nSPS) is 17.1. The van der Waals surface area contributed by atoms with Crippen LogP contribution in [-0.4, -0.2) is 60.5 Å². The molecule has 0 aliphatic heterocycles. The van der Waals surface area contributed by atoms with Crippen LogP contribution >= 0.6 is 0 Å². The Bertz CT molecular complexity index is 187. The summed E-state index contributed by atoms with van der Waals surface area (Å²) in [5.74, 6) is 0. The van der Waals surface area contributed by atoms with Crippen LogP contribution in [0.2, 0.25) is 0 Å². The van der Waals surface area contributed by atoms with Crippen molar-refractivity contribution in [3.8, 4) is 0 Å². The van der Waals surface area contributed by atoms with Crippen LogP contribution in [0.1, 0.15) is 26.7 Å². The third kappa shape index (κ3) is 5.80. The van der Waals surface area contributed by atoms with Gasteiger partial charge < -0.3 is 15.5 Å². The minimum Gasteiger partial charge on any atom is -0.395 e. The van der Waals surface area contributed by atoms with Crippen molar-refractivity contribution in [1.29, 1.82) is 0 Å². The summed E-state index contributed by atoms with van der Waals surface area (Å²) in [4.78, 5) is 2.12. The van der Waals surface area contributed by atoms with Crippen LogP contribution in [0.15, 0.2) is 0 Å². The van der Waals surface area contributed by atoms with Gasteiger partial charge in [0.2, 0.25) is 0 Å². The van der Waals surface area contributed by atoms with Gasteiger partial charge >= 0.3 is 0 Å². The van der Waals surface area contributed by atoms with E-state index in [4.69, 9.17) is 10.2 Å². The summed E-state index contributed by atoms with van der Waals surface area (Å²) >= 11 is 0. The van der Waals surface area contributed by atoms with Crippen LogP contribution in [0.3, 0.4) is 0 Å². The number of aliphatic hydroxyl groups is 2. The largest absolute Gasteiger partial charge is 0.395 e. The molecule has 0 atom stereocenters. The van der Waals surface area contributed by atoms with Crippen LogP contribution in [0, 0.1) is 5.41 Å². The fourth-order valence-corrected chi connectivity index (χ4v) is 1.92. The van der Waals surface area contributed by atoms with E-state index in [1.54, 1.807) is 0 Å². The number of rotatable bonds is 9. The summed E-state index contributed by atoms with van der Waals surface area (Å²) in [5, 5.41) is 21.4. The molecule has 0 aromatic heterocycles. The van der Waals surface area contributed by atoms with Gasteiger partial charge in [-0.05, 0) is 18.3 Å². The van der Waals surface area contributed by atoms with Gasteiger partial charge in [0.05, 0.1) is 13.2 Å². The molecule has 1 fully saturated rings. The Morgan fingerprint density at radius 3 is 2.19 bits per heavy atom. The zero-order valence-corrected chi connectivity index (χ0v) is 10.6. The van der Waals surface area contributed by atoms with E-state index in [0.29, 0.717) is 13.1 Å². The van der Waals surface area contributed by atoms with E-state index >= 15 is 0 Å². The van der Waals surface area contributed by atoms with E-state index < -0.39 is 0 Å². The lowest BCUT2D eigenvalue weighted by Crippen LogP contribution is -2.43. The molecule has 3 N–H and O–H groups in total. The molecule has 1 saturated carbocycles. The van der Waals surface area contributed by atoms with Crippen molar-refractivity contribution in [3.05, 3.63) is 0 Å². The van der Waals surface area contributed by atoms with Crippen LogP contribution in [0.5, 0.6) is 0 Å². The van der Waals surface area contributed by atoms with E-state index in [9.17, 15) is 0 Å². The monoisotopic (exact) mass is 230 g/mol. The van der Waals surface area contributed by atoms with E-state index in [0.717, 1.165) is 19.1 Å². The standard InChI is InChI=1S/C12H26N2O2/c1-12(2,9-13-11-3-4-11)10-14(5-7-15)6-8-16/h11,13,15-16H,3-10H2,1-2H3. The number of hydrogen-bond acceptors (Lipinski definition) is 4. The molecule has 0 amide bonds. The molecular formula is C12H26N2O2. The number of nitrogens with zero attached hydrogens (tertiary/aromatic N) is 1. The van der Waals surface area contributed by atoms with E-state index in [2.05, 4.69) is 24.1 Å². The van der Waals surface area contributed by atoms with Gasteiger partial charge in [0.1, 0.15) is 0 Å². The Morgan fingerprint density at radius 1 is 1.19 bits per heavy atom. The molecule has 0 saturated heterocycles. The average Bonchev–Trinajstić information content (AvgIpc) is 2.98. The lowest BCUT2D eigenvalue weighted by atomic mass is 9.92. The van der Waals surface area contributed by atoms with Gasteiger partial charge in [0, 0.05) is 32.2 Å². The molecule has 4 nitrogen and oxygen atoms in total. The number of aliphatic hydroxyl groups excluding tert-OH is 2. The van der Waals surface area contributed by atoms with Crippen molar-refractivity contribution in [1.82, 2.24) is 10.2 Å². The maximum atomic E-state index is 8.95. The Morgan fingerprint density at radius 2 is 1.75 bits per heavy atom. The van der Waals surface area contributed by atoms with Crippen molar-refractivity contribution in [2.45, 2.75) is 32.7 Å². The highest BCUT2D eigenvalue weighted by Gasteiger charge is 2.26. The highest BCUT2D eigenvalue weighted by molar-refractivity contribution is 4.85. The van der Waals surface area contributed by atoms with E-state index in [-0.39, 0.29) is 18.6 Å². The van der Waals surface area contributed by atoms with Gasteiger partial charge in [-0.3, -0.25) is 4.90 Å². The molecule has 0 bridgehead atoms. The SMILES string of the molecule is CC(C)(CNC1CC1)CN(CCO)CCO. The Labute approximate surface area is 98.6 Å². The molecule has 1 rings (SSSR count). The molecule has 0 aromatic rings. The molecule has 0 unspecified atom stereocenters. The van der Waals surface area contributed by atoms with Gasteiger partial charge in [0.15, 0.2) is 0 Å². The first-order chi connectivity index (χ1) is 7.57. The third-order valence-corrected chi connectivity index (χ3v) is 2.93. The second-order valence-electron chi connectivity index (χ2n) is 5.54. The van der Waals surface area contributed by atoms with Crippen LogP contribution in [-0.2, 0) is 0 Å². The summed E-state index contributed by atoms with van der Waals surface area (Å²) in [6.07, 6.45) is 2.63. The number of hydrogen-bond donors (Lipinski definition) is 3. The van der Waals surface area contributed by atoms with Crippen molar-refractivity contribution in [3.63, 3.8) is 0 Å². The number of nitrogens with one attached hydrogen (secondary N) is 1. The maximum Gasteiger partial charge on any atom is 0.0558 e. The summed E-state index contributed by atoms with van der Waals surface area (Å²) in [7, 11) is 0. The van der Waals surface area contributed by atoms with Crippen molar-refractivity contribution in [2.75, 3.05) is 39.4 Å². The maximum absolute atomic E-state index is 8.95. The topological polar surface area (TPSA) is 55.7 Å². The van der Waals surface area contributed by atoms with Crippen molar-refractivity contribution in [2.24, 2.45) is 5.41 Å². The lowest BCUT2D eigenvalue weighted by Gasteiger charge is -2.32. The molecule has 0 heterocycles. The first-order valence-corrected chi connectivity index (χ1v) is 6.25. The van der Waals surface area contributed by atoms with Crippen LogP contribution in [0.25, 0.3) is 0 Å². The summed E-state index contributed by atoms with van der Waals surface area (Å²) in [6, 6.07) is 0.739. The molecule has 16 heavy (non-hydrogen) atoms. The Balaban J connectivity index is 2.27. The molecule has 0 spiro atoms. The predicted molar refractivity (Wildman–Crippen MR) is 65.4 cm³/mol. The Hall–Kier alpha value is -0.160. The first-order valence-electron chi connectivity index (χ1n) is 6.25. The second-order valence-corrected chi connectivity index (χ2v) is 5.54. The highest BCUT2D eigenvalue weighted by atomic mass is 16.3. The van der Waals surface area contributed by atoms with Gasteiger partial charge in [-0.2, -0.15) is 0 Å². The third-order valence-electron chi connectivity index (χ3n) is 2.93. The predicted octanol–water partition coefficient (Wildman–Crippen LogP) is 0.0512. The minimum absolute atomic E-state index is 0.159. The van der Waals surface area contributed by atoms with Crippen LogP contribution in [0.4, 0.5) is 0 Å². The average molecular weight is 230 g/mol. The van der Waals surface area contributed by atoms with E-state index in [1.165, 1.54) is 12.8 Å². The highest BCUT2D eigenvalue weighted by Crippen LogP contribution is 2.22. The minimum atomic E-state index is 0.159. The molecule has 4 heteroatoms. The zero-order chi connectivity index (χ0) is 12.0. The van der Waals surface area contributed by atoms with Crippen molar-refractivity contribution >= 4 is 0 Å². The molecule has 0 radical (unpaired) electrons.